The lowest BCUT2D eigenvalue weighted by Gasteiger charge is -2.40. The van der Waals surface area contributed by atoms with Crippen LogP contribution in [0.5, 0.6) is 0 Å². The van der Waals surface area contributed by atoms with Gasteiger partial charge in [0.15, 0.2) is 11.4 Å². The fourth-order valence-corrected chi connectivity index (χ4v) is 5.52. The smallest absolute Gasteiger partial charge is 0.357 e. The van der Waals surface area contributed by atoms with Gasteiger partial charge < -0.3 is 14.7 Å². The van der Waals surface area contributed by atoms with Gasteiger partial charge in [0.05, 0.1) is 29.4 Å². The van der Waals surface area contributed by atoms with E-state index in [2.05, 4.69) is 27.1 Å². The summed E-state index contributed by atoms with van der Waals surface area (Å²) in [6, 6.07) is 16.8. The molecule has 0 saturated carbocycles. The molecule has 4 heterocycles. The molecule has 1 saturated heterocycles. The molecule has 2 aromatic heterocycles. The number of morpholine rings is 1. The van der Waals surface area contributed by atoms with Gasteiger partial charge in [-0.05, 0) is 29.7 Å². The van der Waals surface area contributed by atoms with Crippen molar-refractivity contribution in [1.29, 1.82) is 0 Å². The monoisotopic (exact) mass is 531 g/mol. The highest BCUT2D eigenvalue weighted by atomic mass is 35.5. The standard InChI is InChI=1S/C28H26ClN5O4/c29-20-14-24(34-23-8-4-3-7-22(23)25(31-34)28(36)37)26(30-15-20)27(35)33-16-19-6-2-1-5-18(19)13-21(33)17-32-9-11-38-12-10-32/h1-8,14-15,21H,9-13,16-17H2,(H,36,37). The quantitative estimate of drug-likeness (QED) is 0.419. The van der Waals surface area contributed by atoms with Crippen molar-refractivity contribution in [2.24, 2.45) is 0 Å². The van der Waals surface area contributed by atoms with Crippen molar-refractivity contribution in [2.75, 3.05) is 32.8 Å². The van der Waals surface area contributed by atoms with Crippen molar-refractivity contribution in [2.45, 2.75) is 19.0 Å². The number of carboxylic acids is 1. The van der Waals surface area contributed by atoms with Crippen LogP contribution in [-0.2, 0) is 17.7 Å². The summed E-state index contributed by atoms with van der Waals surface area (Å²) in [4.78, 5) is 34.9. The first kappa shape index (κ1) is 24.5. The van der Waals surface area contributed by atoms with Crippen molar-refractivity contribution in [3.63, 3.8) is 0 Å². The van der Waals surface area contributed by atoms with Gasteiger partial charge >= 0.3 is 5.97 Å². The van der Waals surface area contributed by atoms with Crippen LogP contribution in [-0.4, -0.2) is 80.4 Å². The first-order valence-corrected chi connectivity index (χ1v) is 12.9. The van der Waals surface area contributed by atoms with Crippen LogP contribution in [0.4, 0.5) is 0 Å². The summed E-state index contributed by atoms with van der Waals surface area (Å²) >= 11 is 6.34. The Morgan fingerprint density at radius 1 is 1.03 bits per heavy atom. The van der Waals surface area contributed by atoms with Gasteiger partial charge in [0, 0.05) is 43.8 Å². The van der Waals surface area contributed by atoms with E-state index in [4.69, 9.17) is 16.3 Å². The minimum atomic E-state index is -1.15. The zero-order chi connectivity index (χ0) is 26.2. The lowest BCUT2D eigenvalue weighted by molar-refractivity contribution is 0.0191. The number of carbonyl (C=O) groups is 2. The molecule has 2 aliphatic rings. The van der Waals surface area contributed by atoms with E-state index in [0.717, 1.165) is 31.6 Å². The van der Waals surface area contributed by atoms with Crippen molar-refractivity contribution in [3.05, 3.63) is 88.3 Å². The fourth-order valence-electron chi connectivity index (χ4n) is 5.37. The van der Waals surface area contributed by atoms with Crippen molar-refractivity contribution in [1.82, 2.24) is 24.6 Å². The molecular formula is C28H26ClN5O4. The fraction of sp³-hybridized carbons (Fsp3) is 0.286. The largest absolute Gasteiger partial charge is 0.476 e. The van der Waals surface area contributed by atoms with Crippen LogP contribution in [0.2, 0.25) is 5.02 Å². The van der Waals surface area contributed by atoms with Gasteiger partial charge in [0.1, 0.15) is 0 Å². The van der Waals surface area contributed by atoms with Crippen LogP contribution < -0.4 is 0 Å². The molecule has 0 spiro atoms. The Morgan fingerprint density at radius 2 is 1.76 bits per heavy atom. The minimum Gasteiger partial charge on any atom is -0.476 e. The predicted molar refractivity (Wildman–Crippen MR) is 142 cm³/mol. The number of carbonyl (C=O) groups excluding carboxylic acids is 1. The first-order valence-electron chi connectivity index (χ1n) is 12.5. The van der Waals surface area contributed by atoms with E-state index in [1.165, 1.54) is 16.4 Å². The average molecular weight is 532 g/mol. The second kappa shape index (κ2) is 10.2. The summed E-state index contributed by atoms with van der Waals surface area (Å²) in [5, 5.41) is 14.9. The van der Waals surface area contributed by atoms with Gasteiger partial charge in [-0.3, -0.25) is 9.69 Å². The second-order valence-electron chi connectivity index (χ2n) is 9.58. The van der Waals surface area contributed by atoms with Crippen LogP contribution in [0.15, 0.2) is 60.8 Å². The number of pyridine rings is 1. The molecule has 6 rings (SSSR count). The van der Waals surface area contributed by atoms with E-state index in [0.29, 0.717) is 41.4 Å². The van der Waals surface area contributed by atoms with Gasteiger partial charge in [0.2, 0.25) is 0 Å². The number of carboxylic acid groups (broad SMARTS) is 1. The third-order valence-electron chi connectivity index (χ3n) is 7.24. The number of hydrogen-bond acceptors (Lipinski definition) is 6. The molecule has 194 valence electrons. The molecule has 1 amide bonds. The number of benzene rings is 2. The Hall–Kier alpha value is -3.79. The first-order chi connectivity index (χ1) is 18.5. The Morgan fingerprint density at radius 3 is 2.55 bits per heavy atom. The van der Waals surface area contributed by atoms with Gasteiger partial charge in [-0.2, -0.15) is 5.10 Å². The molecule has 1 unspecified atom stereocenters. The van der Waals surface area contributed by atoms with Crippen molar-refractivity contribution in [3.8, 4) is 5.69 Å². The van der Waals surface area contributed by atoms with Crippen molar-refractivity contribution >= 4 is 34.4 Å². The third-order valence-corrected chi connectivity index (χ3v) is 7.45. The average Bonchev–Trinajstić information content (AvgIpc) is 3.33. The summed E-state index contributed by atoms with van der Waals surface area (Å²) in [6.45, 7) is 4.18. The zero-order valence-electron chi connectivity index (χ0n) is 20.6. The summed E-state index contributed by atoms with van der Waals surface area (Å²) in [7, 11) is 0. The Kier molecular flexibility index (Phi) is 6.57. The number of ether oxygens (including phenoxy) is 1. The topological polar surface area (TPSA) is 101 Å². The molecule has 2 aromatic carbocycles. The molecule has 2 aliphatic heterocycles. The highest BCUT2D eigenvalue weighted by molar-refractivity contribution is 6.30. The molecule has 1 N–H and O–H groups in total. The van der Waals surface area contributed by atoms with E-state index >= 15 is 0 Å². The number of amides is 1. The van der Waals surface area contributed by atoms with E-state index < -0.39 is 5.97 Å². The summed E-state index contributed by atoms with van der Waals surface area (Å²) < 4.78 is 6.98. The third kappa shape index (κ3) is 4.53. The number of aromatic nitrogens is 3. The Balaban J connectivity index is 1.43. The molecule has 0 radical (unpaired) electrons. The molecule has 1 atom stereocenters. The number of rotatable bonds is 5. The molecule has 0 aliphatic carbocycles. The number of hydrogen-bond donors (Lipinski definition) is 1. The van der Waals surface area contributed by atoms with Crippen molar-refractivity contribution < 1.29 is 19.4 Å². The van der Waals surface area contributed by atoms with Gasteiger partial charge in [-0.1, -0.05) is 54.1 Å². The van der Waals surface area contributed by atoms with Gasteiger partial charge in [0.25, 0.3) is 5.91 Å². The van der Waals surface area contributed by atoms with Crippen LogP contribution in [0, 0.1) is 0 Å². The highest BCUT2D eigenvalue weighted by Gasteiger charge is 2.34. The second-order valence-corrected chi connectivity index (χ2v) is 10.0. The van der Waals surface area contributed by atoms with Gasteiger partial charge in [-0.25, -0.2) is 14.5 Å². The number of fused-ring (bicyclic) bond motifs is 2. The normalized spacial score (nSPS) is 17.9. The molecule has 4 aromatic rings. The SMILES string of the molecule is O=C(O)c1nn(-c2cc(Cl)cnc2C(=O)N2Cc3ccccc3CC2CN2CCOCC2)c2ccccc12. The Labute approximate surface area is 224 Å². The number of aromatic carboxylic acids is 1. The number of halogens is 1. The molecule has 10 heteroatoms. The van der Waals surface area contributed by atoms with Crippen LogP contribution in [0.25, 0.3) is 16.6 Å². The highest BCUT2D eigenvalue weighted by Crippen LogP contribution is 2.30. The lowest BCUT2D eigenvalue weighted by Crippen LogP contribution is -2.52. The molecule has 38 heavy (non-hydrogen) atoms. The predicted octanol–water partition coefficient (Wildman–Crippen LogP) is 3.67. The molecule has 1 fully saturated rings. The van der Waals surface area contributed by atoms with Gasteiger partial charge in [-0.15, -0.1) is 0 Å². The van der Waals surface area contributed by atoms with E-state index in [1.54, 1.807) is 30.3 Å². The van der Waals surface area contributed by atoms with Crippen LogP contribution in [0.1, 0.15) is 32.1 Å². The van der Waals surface area contributed by atoms with E-state index in [1.807, 2.05) is 17.0 Å². The maximum absolute atomic E-state index is 14.3. The molecular weight excluding hydrogens is 506 g/mol. The minimum absolute atomic E-state index is 0.0650. The zero-order valence-corrected chi connectivity index (χ0v) is 21.3. The van der Waals surface area contributed by atoms with E-state index in [9.17, 15) is 14.7 Å². The molecule has 0 bridgehead atoms. The number of nitrogens with zero attached hydrogens (tertiary/aromatic N) is 5. The summed E-state index contributed by atoms with van der Waals surface area (Å²) in [5.41, 5.74) is 3.31. The molecule has 9 nitrogen and oxygen atoms in total. The van der Waals surface area contributed by atoms with Crippen LogP contribution in [0.3, 0.4) is 0 Å². The summed E-state index contributed by atoms with van der Waals surface area (Å²) in [5.74, 6) is -1.40. The maximum atomic E-state index is 14.3. The van der Waals surface area contributed by atoms with E-state index in [-0.39, 0.29) is 23.3 Å². The Bertz CT molecular complexity index is 1530. The maximum Gasteiger partial charge on any atom is 0.357 e. The van der Waals surface area contributed by atoms with Crippen LogP contribution >= 0.6 is 11.6 Å². The summed E-state index contributed by atoms with van der Waals surface area (Å²) in [6.07, 6.45) is 2.17. The number of para-hydroxylation sites is 1. The lowest BCUT2D eigenvalue weighted by atomic mass is 9.93.